The number of azo groups is 1. The molecule has 0 bridgehead atoms. The molecule has 5 rings (SSSR count). The molecule has 0 heterocycles. The highest BCUT2D eigenvalue weighted by molar-refractivity contribution is 5.53. The molecule has 0 spiro atoms. The first-order valence-electron chi connectivity index (χ1n) is 15.3. The van der Waals surface area contributed by atoms with Crippen LogP contribution < -0.4 is 4.90 Å². The molecule has 1 saturated carbocycles. The molecule has 1 aliphatic rings. The summed E-state index contributed by atoms with van der Waals surface area (Å²) in [6.45, 7) is 7.49. The summed E-state index contributed by atoms with van der Waals surface area (Å²) in [5, 5.41) is 8.94. The summed E-state index contributed by atoms with van der Waals surface area (Å²) in [4.78, 5) is 2.33. The Morgan fingerprint density at radius 3 is 1.98 bits per heavy atom. The zero-order valence-corrected chi connectivity index (χ0v) is 24.6. The fourth-order valence-corrected chi connectivity index (χ4v) is 5.77. The molecule has 4 heteroatoms. The average Bonchev–Trinajstić information content (AvgIpc) is 3.05. The lowest BCUT2D eigenvalue weighted by atomic mass is 9.84. The molecule has 0 N–H and O–H groups in total. The van der Waals surface area contributed by atoms with E-state index < -0.39 is 0 Å². The number of anilines is 1. The first kappa shape index (κ1) is 28.8. The maximum Gasteiger partial charge on any atom is 0.0858 e. The maximum atomic E-state index is 6.04. The van der Waals surface area contributed by atoms with Gasteiger partial charge in [-0.2, -0.15) is 10.2 Å². The van der Waals surface area contributed by atoms with Crippen molar-refractivity contribution in [3.05, 3.63) is 125 Å². The van der Waals surface area contributed by atoms with Crippen molar-refractivity contribution in [3.8, 4) is 0 Å². The van der Waals surface area contributed by atoms with Gasteiger partial charge in [0.15, 0.2) is 0 Å². The molecule has 1 aliphatic carbocycles. The van der Waals surface area contributed by atoms with E-state index in [0.717, 1.165) is 30.4 Å². The summed E-state index contributed by atoms with van der Waals surface area (Å²) in [6, 6.07) is 36.4. The molecular weight excluding hydrogens is 502 g/mol. The van der Waals surface area contributed by atoms with Crippen molar-refractivity contribution in [2.45, 2.75) is 64.4 Å². The van der Waals surface area contributed by atoms with Crippen molar-refractivity contribution >= 4 is 17.1 Å². The molecule has 1 unspecified atom stereocenters. The summed E-state index contributed by atoms with van der Waals surface area (Å²) in [7, 11) is 0. The molecule has 4 aromatic carbocycles. The van der Waals surface area contributed by atoms with Crippen LogP contribution in [0.5, 0.6) is 0 Å². The maximum absolute atomic E-state index is 6.04. The predicted octanol–water partition coefficient (Wildman–Crippen LogP) is 10.3. The van der Waals surface area contributed by atoms with Gasteiger partial charge in [-0.1, -0.05) is 92.9 Å². The molecule has 0 saturated heterocycles. The van der Waals surface area contributed by atoms with Crippen molar-refractivity contribution < 1.29 is 4.74 Å². The van der Waals surface area contributed by atoms with E-state index in [2.05, 4.69) is 120 Å². The monoisotopic (exact) mass is 545 g/mol. The molecule has 4 aromatic rings. The Bertz CT molecular complexity index is 1340. The third-order valence-corrected chi connectivity index (χ3v) is 8.40. The Balaban J connectivity index is 1.07. The van der Waals surface area contributed by atoms with Gasteiger partial charge >= 0.3 is 0 Å². The van der Waals surface area contributed by atoms with Crippen molar-refractivity contribution in [2.75, 3.05) is 24.6 Å². The van der Waals surface area contributed by atoms with Crippen LogP contribution in [0.4, 0.5) is 17.1 Å². The highest BCUT2D eigenvalue weighted by Gasteiger charge is 2.15. The third-order valence-electron chi connectivity index (χ3n) is 8.40. The van der Waals surface area contributed by atoms with E-state index in [1.165, 1.54) is 60.0 Å². The Morgan fingerprint density at radius 1 is 0.732 bits per heavy atom. The van der Waals surface area contributed by atoms with Crippen LogP contribution in [-0.4, -0.2) is 19.7 Å². The van der Waals surface area contributed by atoms with E-state index >= 15 is 0 Å². The van der Waals surface area contributed by atoms with E-state index in [4.69, 9.17) is 4.74 Å². The Labute approximate surface area is 246 Å². The van der Waals surface area contributed by atoms with E-state index in [1.54, 1.807) is 0 Å². The molecular formula is C37H43N3O. The second-order valence-corrected chi connectivity index (χ2v) is 11.1. The molecule has 4 nitrogen and oxygen atoms in total. The van der Waals surface area contributed by atoms with Gasteiger partial charge in [0.1, 0.15) is 0 Å². The van der Waals surface area contributed by atoms with Gasteiger partial charge in [0.2, 0.25) is 0 Å². The van der Waals surface area contributed by atoms with Crippen molar-refractivity contribution in [1.82, 2.24) is 0 Å². The van der Waals surface area contributed by atoms with Crippen molar-refractivity contribution in [1.29, 1.82) is 0 Å². The first-order chi connectivity index (χ1) is 20.2. The lowest BCUT2D eigenvalue weighted by Crippen LogP contribution is -2.26. The zero-order chi connectivity index (χ0) is 28.3. The van der Waals surface area contributed by atoms with E-state index in [-0.39, 0.29) is 0 Å². The lowest BCUT2D eigenvalue weighted by molar-refractivity contribution is 0.127. The number of hydrogen-bond donors (Lipinski definition) is 0. The largest absolute Gasteiger partial charge is 0.375 e. The quantitative estimate of drug-likeness (QED) is 0.131. The molecule has 0 aliphatic heterocycles. The third kappa shape index (κ3) is 8.14. The second kappa shape index (κ2) is 14.7. The summed E-state index contributed by atoms with van der Waals surface area (Å²) >= 11 is 0. The molecule has 0 aromatic heterocycles. The topological polar surface area (TPSA) is 37.2 Å². The van der Waals surface area contributed by atoms with Gasteiger partial charge in [0.05, 0.1) is 24.6 Å². The number of hydrogen-bond acceptors (Lipinski definition) is 4. The molecule has 41 heavy (non-hydrogen) atoms. The van der Waals surface area contributed by atoms with Crippen LogP contribution in [0.1, 0.15) is 80.0 Å². The molecule has 212 valence electrons. The SMILES string of the molecule is CCN(CCOCc1ccc(C(C)c2ccccc2)cc1)c1ccc(N=Nc2ccc(C3CCCCC3)cc2)cc1. The van der Waals surface area contributed by atoms with Crippen LogP contribution in [0.15, 0.2) is 113 Å². The Hall–Kier alpha value is -3.76. The summed E-state index contributed by atoms with van der Waals surface area (Å²) in [5.41, 5.74) is 8.26. The summed E-state index contributed by atoms with van der Waals surface area (Å²) in [6.07, 6.45) is 6.73. The summed E-state index contributed by atoms with van der Waals surface area (Å²) < 4.78 is 6.04. The van der Waals surface area contributed by atoms with Crippen LogP contribution in [0.25, 0.3) is 0 Å². The van der Waals surface area contributed by atoms with Crippen LogP contribution in [-0.2, 0) is 11.3 Å². The number of likely N-dealkylation sites (N-methyl/N-ethyl adjacent to an activating group) is 1. The molecule has 0 amide bonds. The standard InChI is InChI=1S/C37H43N3O/c1-3-40(26-27-41-28-30-14-16-32(17-15-30)29(2)31-10-6-4-7-11-31)37-24-22-36(23-25-37)39-38-35-20-18-34(19-21-35)33-12-8-5-9-13-33/h4,6-7,10-11,14-25,29,33H,3,5,8-9,12-13,26-28H2,1-2H3. The minimum Gasteiger partial charge on any atom is -0.375 e. The zero-order valence-electron chi connectivity index (χ0n) is 24.6. The molecule has 1 fully saturated rings. The normalized spacial score (nSPS) is 14.8. The fraction of sp³-hybridized carbons (Fsp3) is 0.351. The van der Waals surface area contributed by atoms with Crippen LogP contribution in [0, 0.1) is 0 Å². The van der Waals surface area contributed by atoms with Crippen molar-refractivity contribution in [2.24, 2.45) is 10.2 Å². The highest BCUT2D eigenvalue weighted by atomic mass is 16.5. The number of nitrogens with zero attached hydrogens (tertiary/aromatic N) is 3. The Kier molecular flexibility index (Phi) is 10.3. The van der Waals surface area contributed by atoms with Crippen LogP contribution >= 0.6 is 0 Å². The number of rotatable bonds is 12. The van der Waals surface area contributed by atoms with Gasteiger partial charge in [-0.15, -0.1) is 0 Å². The van der Waals surface area contributed by atoms with Gasteiger partial charge in [-0.05, 0) is 84.3 Å². The van der Waals surface area contributed by atoms with Crippen LogP contribution in [0.2, 0.25) is 0 Å². The van der Waals surface area contributed by atoms with Crippen LogP contribution in [0.3, 0.4) is 0 Å². The second-order valence-electron chi connectivity index (χ2n) is 11.1. The average molecular weight is 546 g/mol. The predicted molar refractivity (Wildman–Crippen MR) is 171 cm³/mol. The van der Waals surface area contributed by atoms with Crippen molar-refractivity contribution in [3.63, 3.8) is 0 Å². The van der Waals surface area contributed by atoms with E-state index in [9.17, 15) is 0 Å². The van der Waals surface area contributed by atoms with E-state index in [1.807, 2.05) is 12.1 Å². The highest BCUT2D eigenvalue weighted by Crippen LogP contribution is 2.33. The minimum atomic E-state index is 0.384. The van der Waals surface area contributed by atoms with E-state index in [0.29, 0.717) is 19.1 Å². The van der Waals surface area contributed by atoms with Gasteiger partial charge in [0, 0.05) is 24.7 Å². The molecule has 0 radical (unpaired) electrons. The minimum absolute atomic E-state index is 0.384. The smallest absolute Gasteiger partial charge is 0.0858 e. The molecule has 1 atom stereocenters. The van der Waals surface area contributed by atoms with Gasteiger partial charge in [-0.3, -0.25) is 0 Å². The van der Waals surface area contributed by atoms with Gasteiger partial charge < -0.3 is 9.64 Å². The number of benzene rings is 4. The summed E-state index contributed by atoms with van der Waals surface area (Å²) in [5.74, 6) is 1.10. The van der Waals surface area contributed by atoms with Gasteiger partial charge in [-0.25, -0.2) is 0 Å². The number of ether oxygens (including phenoxy) is 1. The van der Waals surface area contributed by atoms with Gasteiger partial charge in [0.25, 0.3) is 0 Å². The first-order valence-corrected chi connectivity index (χ1v) is 15.3. The fourth-order valence-electron chi connectivity index (χ4n) is 5.77. The lowest BCUT2D eigenvalue weighted by Gasteiger charge is -2.23. The Morgan fingerprint density at radius 2 is 1.34 bits per heavy atom.